The Bertz CT molecular complexity index is 569. The van der Waals surface area contributed by atoms with E-state index in [1.807, 2.05) is 11.6 Å². The zero-order chi connectivity index (χ0) is 14.2. The van der Waals surface area contributed by atoms with Crippen LogP contribution in [0.4, 0.5) is 0 Å². The Labute approximate surface area is 120 Å². The molecule has 1 aromatic rings. The lowest BCUT2D eigenvalue weighted by Crippen LogP contribution is -2.32. The molecule has 20 heavy (non-hydrogen) atoms. The lowest BCUT2D eigenvalue weighted by molar-refractivity contribution is 0.552. The molecule has 2 aliphatic carbocycles. The van der Waals surface area contributed by atoms with Crippen molar-refractivity contribution in [3.63, 3.8) is 0 Å². The summed E-state index contributed by atoms with van der Waals surface area (Å²) in [6, 6.07) is 2.53. The molecule has 2 aliphatic rings. The van der Waals surface area contributed by atoms with Gasteiger partial charge in [0.2, 0.25) is 10.0 Å². The van der Waals surface area contributed by atoms with Gasteiger partial charge < -0.3 is 9.88 Å². The summed E-state index contributed by atoms with van der Waals surface area (Å²) >= 11 is 0. The van der Waals surface area contributed by atoms with Crippen LogP contribution in [0.5, 0.6) is 0 Å². The highest BCUT2D eigenvalue weighted by Crippen LogP contribution is 2.22. The highest BCUT2D eigenvalue weighted by atomic mass is 32.2. The summed E-state index contributed by atoms with van der Waals surface area (Å²) in [5, 5.41) is 3.42. The van der Waals surface area contributed by atoms with E-state index in [0.29, 0.717) is 10.9 Å². The molecule has 2 fully saturated rings. The van der Waals surface area contributed by atoms with Crippen LogP contribution >= 0.6 is 0 Å². The molecule has 1 aromatic heterocycles. The van der Waals surface area contributed by atoms with E-state index in [2.05, 4.69) is 10.0 Å². The minimum Gasteiger partial charge on any atom is -0.352 e. The summed E-state index contributed by atoms with van der Waals surface area (Å²) in [6.07, 6.45) is 8.35. The first kappa shape index (κ1) is 14.1. The second kappa shape index (κ2) is 5.50. The Morgan fingerprint density at radius 2 is 1.90 bits per heavy atom. The molecule has 3 rings (SSSR count). The Morgan fingerprint density at radius 3 is 2.55 bits per heavy atom. The minimum absolute atomic E-state index is 0.119. The minimum atomic E-state index is -3.37. The molecule has 0 bridgehead atoms. The summed E-state index contributed by atoms with van der Waals surface area (Å²) in [6.45, 7) is 0.736. The number of hydrogen-bond donors (Lipinski definition) is 2. The number of nitrogens with zero attached hydrogens (tertiary/aromatic N) is 1. The van der Waals surface area contributed by atoms with E-state index in [9.17, 15) is 8.42 Å². The van der Waals surface area contributed by atoms with Gasteiger partial charge in [-0.1, -0.05) is 12.8 Å². The molecule has 2 N–H and O–H groups in total. The Morgan fingerprint density at radius 1 is 1.20 bits per heavy atom. The van der Waals surface area contributed by atoms with Crippen LogP contribution in [-0.4, -0.2) is 25.1 Å². The van der Waals surface area contributed by atoms with Crippen LogP contribution in [0.2, 0.25) is 0 Å². The third kappa shape index (κ3) is 3.24. The first-order valence-electron chi connectivity index (χ1n) is 7.45. The smallest absolute Gasteiger partial charge is 0.242 e. The van der Waals surface area contributed by atoms with E-state index in [4.69, 9.17) is 0 Å². The van der Waals surface area contributed by atoms with Crippen LogP contribution < -0.4 is 10.0 Å². The maximum atomic E-state index is 12.4. The number of nitrogens with one attached hydrogen (secondary N) is 2. The quantitative estimate of drug-likeness (QED) is 0.836. The van der Waals surface area contributed by atoms with Crippen molar-refractivity contribution in [2.45, 2.75) is 62.0 Å². The van der Waals surface area contributed by atoms with Gasteiger partial charge in [0.1, 0.15) is 0 Å². The van der Waals surface area contributed by atoms with Crippen LogP contribution in [-0.2, 0) is 23.6 Å². The van der Waals surface area contributed by atoms with Gasteiger partial charge >= 0.3 is 0 Å². The monoisotopic (exact) mass is 297 g/mol. The summed E-state index contributed by atoms with van der Waals surface area (Å²) in [5.74, 6) is 0. The zero-order valence-corrected chi connectivity index (χ0v) is 12.7. The van der Waals surface area contributed by atoms with Crippen molar-refractivity contribution in [3.05, 3.63) is 18.0 Å². The zero-order valence-electron chi connectivity index (χ0n) is 11.9. The average molecular weight is 297 g/mol. The van der Waals surface area contributed by atoms with Crippen molar-refractivity contribution in [2.24, 2.45) is 7.05 Å². The standard InChI is InChI=1S/C14H23N3O2S/c1-17-10-14(8-13(17)9-15-11-6-7-11)20(18,19)16-12-4-2-3-5-12/h8,10-12,15-16H,2-7,9H2,1H3. The van der Waals surface area contributed by atoms with Gasteiger partial charge in [-0.25, -0.2) is 13.1 Å². The van der Waals surface area contributed by atoms with Crippen LogP contribution in [0.1, 0.15) is 44.2 Å². The Kier molecular flexibility index (Phi) is 3.88. The molecule has 0 atom stereocenters. The second-order valence-corrected chi connectivity index (χ2v) is 7.75. The van der Waals surface area contributed by atoms with Crippen molar-refractivity contribution >= 4 is 10.0 Å². The normalized spacial score (nSPS) is 20.6. The van der Waals surface area contributed by atoms with Crippen LogP contribution in [0.15, 0.2) is 17.2 Å². The molecule has 0 amide bonds. The van der Waals surface area contributed by atoms with Gasteiger partial charge in [-0.05, 0) is 31.7 Å². The lowest BCUT2D eigenvalue weighted by atomic mass is 10.3. The number of aryl methyl sites for hydroxylation is 1. The van der Waals surface area contributed by atoms with E-state index in [1.165, 1.54) is 12.8 Å². The first-order valence-corrected chi connectivity index (χ1v) is 8.94. The molecule has 6 heteroatoms. The van der Waals surface area contributed by atoms with Crippen LogP contribution in [0, 0.1) is 0 Å². The number of sulfonamides is 1. The molecule has 0 spiro atoms. The van der Waals surface area contributed by atoms with Crippen LogP contribution in [0.3, 0.4) is 0 Å². The Hall–Kier alpha value is -0.850. The lowest BCUT2D eigenvalue weighted by Gasteiger charge is -2.11. The maximum absolute atomic E-state index is 12.4. The molecule has 5 nitrogen and oxygen atoms in total. The van der Waals surface area contributed by atoms with Crippen molar-refractivity contribution in [1.82, 2.24) is 14.6 Å². The van der Waals surface area contributed by atoms with E-state index in [1.54, 1.807) is 12.3 Å². The molecule has 0 unspecified atom stereocenters. The number of rotatable bonds is 6. The predicted octanol–water partition coefficient (Wildman–Crippen LogP) is 1.50. The highest BCUT2D eigenvalue weighted by molar-refractivity contribution is 7.89. The number of hydrogen-bond acceptors (Lipinski definition) is 3. The van der Waals surface area contributed by atoms with E-state index in [-0.39, 0.29) is 6.04 Å². The summed E-state index contributed by atoms with van der Waals surface area (Å²) in [4.78, 5) is 0.388. The summed E-state index contributed by atoms with van der Waals surface area (Å²) in [7, 11) is -1.47. The average Bonchev–Trinajstić information content (AvgIpc) is 2.94. The SMILES string of the molecule is Cn1cc(S(=O)(=O)NC2CCCC2)cc1CNC1CC1. The number of aromatic nitrogens is 1. The fourth-order valence-electron chi connectivity index (χ4n) is 2.77. The first-order chi connectivity index (χ1) is 9.54. The molecule has 2 saturated carbocycles. The molecule has 0 saturated heterocycles. The van der Waals surface area contributed by atoms with E-state index < -0.39 is 10.0 Å². The van der Waals surface area contributed by atoms with Gasteiger partial charge in [0, 0.05) is 37.6 Å². The molecular formula is C14H23N3O2S. The Balaban J connectivity index is 1.69. The molecule has 0 radical (unpaired) electrons. The predicted molar refractivity (Wildman–Crippen MR) is 77.9 cm³/mol. The van der Waals surface area contributed by atoms with Gasteiger partial charge in [-0.15, -0.1) is 0 Å². The highest BCUT2D eigenvalue weighted by Gasteiger charge is 2.25. The third-order valence-electron chi connectivity index (χ3n) is 4.22. The van der Waals surface area contributed by atoms with Crippen molar-refractivity contribution in [1.29, 1.82) is 0 Å². The largest absolute Gasteiger partial charge is 0.352 e. The fraction of sp³-hybridized carbons (Fsp3) is 0.714. The van der Waals surface area contributed by atoms with E-state index >= 15 is 0 Å². The molecule has 1 heterocycles. The van der Waals surface area contributed by atoms with Gasteiger partial charge in [0.15, 0.2) is 0 Å². The summed E-state index contributed by atoms with van der Waals surface area (Å²) in [5.41, 5.74) is 1.02. The molecule has 0 aliphatic heterocycles. The van der Waals surface area contributed by atoms with Crippen molar-refractivity contribution < 1.29 is 8.42 Å². The molecular weight excluding hydrogens is 274 g/mol. The van der Waals surface area contributed by atoms with Gasteiger partial charge in [-0.2, -0.15) is 0 Å². The van der Waals surface area contributed by atoms with Gasteiger partial charge in [0.25, 0.3) is 0 Å². The second-order valence-electron chi connectivity index (χ2n) is 6.04. The van der Waals surface area contributed by atoms with E-state index in [0.717, 1.165) is 37.9 Å². The van der Waals surface area contributed by atoms with Crippen LogP contribution in [0.25, 0.3) is 0 Å². The molecule has 112 valence electrons. The topological polar surface area (TPSA) is 63.1 Å². The van der Waals surface area contributed by atoms with Crippen molar-refractivity contribution in [3.8, 4) is 0 Å². The third-order valence-corrected chi connectivity index (χ3v) is 5.71. The fourth-order valence-corrected chi connectivity index (χ4v) is 4.17. The maximum Gasteiger partial charge on any atom is 0.242 e. The summed E-state index contributed by atoms with van der Waals surface area (Å²) < 4.78 is 29.4. The van der Waals surface area contributed by atoms with Gasteiger partial charge in [0.05, 0.1) is 4.90 Å². The van der Waals surface area contributed by atoms with Gasteiger partial charge in [-0.3, -0.25) is 0 Å². The molecule has 0 aromatic carbocycles. The van der Waals surface area contributed by atoms with Crippen molar-refractivity contribution in [2.75, 3.05) is 0 Å².